The van der Waals surface area contributed by atoms with Crippen molar-refractivity contribution >= 4 is 18.0 Å². The molecule has 6 heteroatoms. The second kappa shape index (κ2) is 9.09. The van der Waals surface area contributed by atoms with Crippen molar-refractivity contribution in [2.45, 2.75) is 44.1 Å². The lowest BCUT2D eigenvalue weighted by Gasteiger charge is -2.35. The van der Waals surface area contributed by atoms with Gasteiger partial charge in [-0.2, -0.15) is 0 Å². The number of nitrogens with zero attached hydrogens (tertiary/aromatic N) is 3. The number of nitrogens with one attached hydrogen (secondary N) is 1. The van der Waals surface area contributed by atoms with Gasteiger partial charge in [-0.15, -0.1) is 0 Å². The molecule has 156 valence electrons. The second-order valence-electron chi connectivity index (χ2n) is 8.53. The summed E-state index contributed by atoms with van der Waals surface area (Å²) < 4.78 is 0. The normalized spacial score (nSPS) is 23.7. The molecule has 0 radical (unpaired) electrons. The van der Waals surface area contributed by atoms with E-state index in [4.69, 9.17) is 0 Å². The van der Waals surface area contributed by atoms with Crippen LogP contribution in [-0.2, 0) is 4.79 Å². The summed E-state index contributed by atoms with van der Waals surface area (Å²) in [6, 6.07) is 10.1. The molecule has 2 heterocycles. The minimum Gasteiger partial charge on any atom is -0.323 e. The SMILES string of the molecule is O=C1NC2(CCCCCC2)C(=O)N1CN1CCN(CC=Cc2ccccc2)CC1. The molecule has 3 fully saturated rings. The van der Waals surface area contributed by atoms with Crippen molar-refractivity contribution in [1.29, 1.82) is 0 Å². The fourth-order valence-electron chi connectivity index (χ4n) is 4.69. The Balaban J connectivity index is 1.26. The number of carbonyl (C=O) groups excluding carboxylic acids is 2. The Morgan fingerprint density at radius 1 is 0.897 bits per heavy atom. The zero-order chi connectivity index (χ0) is 20.1. The monoisotopic (exact) mass is 396 g/mol. The van der Waals surface area contributed by atoms with Gasteiger partial charge in [0.2, 0.25) is 0 Å². The molecular formula is C23H32N4O2. The standard InChI is InChI=1S/C23H32N4O2/c28-21-23(12-6-1-2-7-13-23)24-22(29)27(21)19-26-17-15-25(16-18-26)14-8-11-20-9-4-3-5-10-20/h3-5,8-11H,1-2,6-7,12-19H2,(H,24,29). The van der Waals surface area contributed by atoms with E-state index in [9.17, 15) is 9.59 Å². The van der Waals surface area contributed by atoms with E-state index in [0.717, 1.165) is 71.2 Å². The van der Waals surface area contributed by atoms with E-state index >= 15 is 0 Å². The summed E-state index contributed by atoms with van der Waals surface area (Å²) in [6.07, 6.45) is 10.3. The Labute approximate surface area is 173 Å². The third-order valence-corrected chi connectivity index (χ3v) is 6.48. The van der Waals surface area contributed by atoms with Gasteiger partial charge >= 0.3 is 6.03 Å². The predicted octanol–water partition coefficient (Wildman–Crippen LogP) is 2.92. The van der Waals surface area contributed by atoms with Crippen LogP contribution in [0.25, 0.3) is 6.08 Å². The van der Waals surface area contributed by atoms with E-state index in [-0.39, 0.29) is 11.9 Å². The zero-order valence-corrected chi connectivity index (χ0v) is 17.2. The molecule has 1 aromatic carbocycles. The first-order chi connectivity index (χ1) is 14.2. The molecular weight excluding hydrogens is 364 g/mol. The van der Waals surface area contributed by atoms with Gasteiger partial charge in [-0.1, -0.05) is 68.2 Å². The summed E-state index contributed by atoms with van der Waals surface area (Å²) in [7, 11) is 0. The number of benzene rings is 1. The molecule has 3 amide bonds. The van der Waals surface area contributed by atoms with Crippen LogP contribution in [0.2, 0.25) is 0 Å². The van der Waals surface area contributed by atoms with Gasteiger partial charge in [-0.05, 0) is 18.4 Å². The summed E-state index contributed by atoms with van der Waals surface area (Å²) in [5.74, 6) is -0.00220. The van der Waals surface area contributed by atoms with E-state index < -0.39 is 5.54 Å². The van der Waals surface area contributed by atoms with Crippen molar-refractivity contribution in [3.63, 3.8) is 0 Å². The summed E-state index contributed by atoms with van der Waals surface area (Å²) in [4.78, 5) is 31.7. The molecule has 1 spiro atoms. The Morgan fingerprint density at radius 2 is 1.55 bits per heavy atom. The number of piperazine rings is 1. The minimum absolute atomic E-state index is 0.00220. The Bertz CT molecular complexity index is 733. The van der Waals surface area contributed by atoms with E-state index in [2.05, 4.69) is 39.4 Å². The lowest BCUT2D eigenvalue weighted by molar-refractivity contribution is -0.133. The van der Waals surface area contributed by atoms with Gasteiger partial charge in [-0.3, -0.25) is 14.6 Å². The Hall–Kier alpha value is -2.18. The Morgan fingerprint density at radius 3 is 2.24 bits per heavy atom. The quantitative estimate of drug-likeness (QED) is 0.778. The van der Waals surface area contributed by atoms with Crippen LogP contribution in [0, 0.1) is 0 Å². The lowest BCUT2D eigenvalue weighted by atomic mass is 9.90. The minimum atomic E-state index is -0.627. The molecule has 6 nitrogen and oxygen atoms in total. The summed E-state index contributed by atoms with van der Waals surface area (Å²) >= 11 is 0. The largest absolute Gasteiger partial charge is 0.326 e. The smallest absolute Gasteiger partial charge is 0.323 e. The number of hydrogen-bond acceptors (Lipinski definition) is 4. The van der Waals surface area contributed by atoms with Gasteiger partial charge in [0.15, 0.2) is 0 Å². The maximum atomic E-state index is 13.1. The molecule has 3 aliphatic rings. The average Bonchev–Trinajstić information content (AvgIpc) is 2.90. The zero-order valence-electron chi connectivity index (χ0n) is 17.2. The first-order valence-electron chi connectivity index (χ1n) is 11.0. The highest BCUT2D eigenvalue weighted by molar-refractivity contribution is 6.07. The highest BCUT2D eigenvalue weighted by Crippen LogP contribution is 2.32. The van der Waals surface area contributed by atoms with Crippen LogP contribution in [0.3, 0.4) is 0 Å². The van der Waals surface area contributed by atoms with Gasteiger partial charge in [0, 0.05) is 32.7 Å². The van der Waals surface area contributed by atoms with Gasteiger partial charge in [0.25, 0.3) is 5.91 Å². The van der Waals surface area contributed by atoms with Gasteiger partial charge < -0.3 is 5.32 Å². The van der Waals surface area contributed by atoms with Crippen LogP contribution in [0.5, 0.6) is 0 Å². The summed E-state index contributed by atoms with van der Waals surface area (Å²) in [6.45, 7) is 5.00. The number of imide groups is 1. The predicted molar refractivity (Wildman–Crippen MR) is 114 cm³/mol. The average molecular weight is 397 g/mol. The van der Waals surface area contributed by atoms with Crippen LogP contribution in [0.1, 0.15) is 44.1 Å². The molecule has 4 rings (SSSR count). The van der Waals surface area contributed by atoms with Crippen molar-refractivity contribution in [3.8, 4) is 0 Å². The van der Waals surface area contributed by atoms with E-state index in [1.165, 1.54) is 10.5 Å². The molecule has 2 saturated heterocycles. The highest BCUT2D eigenvalue weighted by Gasteiger charge is 2.50. The lowest BCUT2D eigenvalue weighted by Crippen LogP contribution is -2.52. The first-order valence-corrected chi connectivity index (χ1v) is 11.0. The van der Waals surface area contributed by atoms with Gasteiger partial charge in [0.1, 0.15) is 5.54 Å². The number of carbonyl (C=O) groups is 2. The number of amides is 3. The molecule has 1 aromatic rings. The van der Waals surface area contributed by atoms with Crippen molar-refractivity contribution in [2.24, 2.45) is 0 Å². The van der Waals surface area contributed by atoms with Crippen molar-refractivity contribution < 1.29 is 9.59 Å². The maximum absolute atomic E-state index is 13.1. The second-order valence-corrected chi connectivity index (χ2v) is 8.53. The van der Waals surface area contributed by atoms with Crippen molar-refractivity contribution in [3.05, 3.63) is 42.0 Å². The van der Waals surface area contributed by atoms with Crippen LogP contribution in [0.15, 0.2) is 36.4 Å². The fraction of sp³-hybridized carbons (Fsp3) is 0.565. The van der Waals surface area contributed by atoms with Crippen LogP contribution in [0.4, 0.5) is 4.79 Å². The van der Waals surface area contributed by atoms with Crippen LogP contribution in [-0.4, -0.2) is 71.6 Å². The Kier molecular flexibility index (Phi) is 6.31. The third kappa shape index (κ3) is 4.70. The molecule has 0 bridgehead atoms. The fourth-order valence-corrected chi connectivity index (χ4v) is 4.69. The third-order valence-electron chi connectivity index (χ3n) is 6.48. The van der Waals surface area contributed by atoms with Gasteiger partial charge in [-0.25, -0.2) is 9.69 Å². The number of hydrogen-bond donors (Lipinski definition) is 1. The van der Waals surface area contributed by atoms with Gasteiger partial charge in [0.05, 0.1) is 6.67 Å². The number of rotatable bonds is 5. The van der Waals surface area contributed by atoms with Crippen molar-refractivity contribution in [1.82, 2.24) is 20.0 Å². The molecule has 1 saturated carbocycles. The summed E-state index contributed by atoms with van der Waals surface area (Å²) in [5, 5.41) is 3.04. The molecule has 2 aliphatic heterocycles. The number of urea groups is 1. The molecule has 0 atom stereocenters. The van der Waals surface area contributed by atoms with E-state index in [0.29, 0.717) is 6.67 Å². The first kappa shape index (κ1) is 20.1. The van der Waals surface area contributed by atoms with E-state index in [1.807, 2.05) is 18.2 Å². The highest BCUT2D eigenvalue weighted by atomic mass is 16.2. The topological polar surface area (TPSA) is 55.9 Å². The van der Waals surface area contributed by atoms with E-state index in [1.54, 1.807) is 0 Å². The summed E-state index contributed by atoms with van der Waals surface area (Å²) in [5.41, 5.74) is 0.592. The molecule has 0 aromatic heterocycles. The molecule has 29 heavy (non-hydrogen) atoms. The van der Waals surface area contributed by atoms with Crippen LogP contribution >= 0.6 is 0 Å². The molecule has 1 aliphatic carbocycles. The van der Waals surface area contributed by atoms with Crippen LogP contribution < -0.4 is 5.32 Å². The molecule has 1 N–H and O–H groups in total. The molecule has 0 unspecified atom stereocenters. The van der Waals surface area contributed by atoms with Crippen molar-refractivity contribution in [2.75, 3.05) is 39.4 Å². The maximum Gasteiger partial charge on any atom is 0.326 e.